The monoisotopic (exact) mass is 410 g/mol. The Kier molecular flexibility index (Phi) is 6.19. The molecule has 0 aromatic carbocycles. The Morgan fingerprint density at radius 2 is 1.79 bits per heavy atom. The first-order chi connectivity index (χ1) is 13.4. The molecular weight excluding hydrogens is 368 g/mol. The number of aliphatic hydroxyl groups is 1. The Hall–Kier alpha value is -0.650. The molecule has 3 aliphatic rings. The summed E-state index contributed by atoms with van der Waals surface area (Å²) in [6.07, 6.45) is 8.37. The van der Waals surface area contributed by atoms with Crippen molar-refractivity contribution in [3.63, 3.8) is 0 Å². The van der Waals surface area contributed by atoms with Gasteiger partial charge >= 0.3 is 5.97 Å². The normalized spacial score (nSPS) is 46.0. The van der Waals surface area contributed by atoms with Gasteiger partial charge < -0.3 is 10.2 Å². The summed E-state index contributed by atoms with van der Waals surface area (Å²) in [5.74, 6) is -0.361. The number of hydrogen-bond donors (Lipinski definition) is 2. The fraction of sp³-hybridized carbons (Fsp3) is 0.958. The van der Waals surface area contributed by atoms with Crippen LogP contribution in [-0.2, 0) is 14.6 Å². The second kappa shape index (κ2) is 7.80. The van der Waals surface area contributed by atoms with Crippen molar-refractivity contribution < 1.29 is 24.8 Å². The van der Waals surface area contributed by atoms with Gasteiger partial charge in [0.05, 0.1) is 11.5 Å². The van der Waals surface area contributed by atoms with Gasteiger partial charge in [0.25, 0.3) is 0 Å². The summed E-state index contributed by atoms with van der Waals surface area (Å²) in [7, 11) is 0. The lowest BCUT2D eigenvalue weighted by atomic mass is 9.43. The molecule has 29 heavy (non-hydrogen) atoms. The van der Waals surface area contributed by atoms with Crippen LogP contribution in [0.3, 0.4) is 0 Å². The zero-order chi connectivity index (χ0) is 21.7. The highest BCUT2D eigenvalue weighted by atomic mass is 17.2. The largest absolute Gasteiger partial charge is 0.481 e. The average Bonchev–Trinajstić information content (AvgIpc) is 2.64. The summed E-state index contributed by atoms with van der Waals surface area (Å²) in [6.45, 7) is 12.9. The van der Waals surface area contributed by atoms with E-state index in [0.717, 1.165) is 44.9 Å². The fourth-order valence-electron chi connectivity index (χ4n) is 6.90. The first kappa shape index (κ1) is 23.0. The van der Waals surface area contributed by atoms with E-state index in [9.17, 15) is 15.0 Å². The molecule has 0 spiro atoms. The predicted molar refractivity (Wildman–Crippen MR) is 112 cm³/mol. The van der Waals surface area contributed by atoms with E-state index in [1.807, 2.05) is 0 Å². The Bertz CT molecular complexity index is 608. The Morgan fingerprint density at radius 1 is 1.10 bits per heavy atom. The van der Waals surface area contributed by atoms with Crippen molar-refractivity contribution in [3.8, 4) is 0 Å². The molecule has 0 aromatic heterocycles. The first-order valence-corrected chi connectivity index (χ1v) is 11.6. The summed E-state index contributed by atoms with van der Waals surface area (Å²) in [6, 6.07) is 0. The van der Waals surface area contributed by atoms with E-state index in [0.29, 0.717) is 18.3 Å². The number of hydrogen-bond acceptors (Lipinski definition) is 4. The van der Waals surface area contributed by atoms with Crippen LogP contribution >= 0.6 is 0 Å². The van der Waals surface area contributed by atoms with E-state index in [4.69, 9.17) is 9.78 Å². The standard InChI is InChI=1S/C24H42O5/c1-16-8-15-24(27)21(3,4)11-7-12-23(24,6)18(16)9-13-22(5)14-10-19(28-29-22)17(2)20(25)26/h16-19,27H,7-15H2,1-6H3,(H,25,26)/t16?,17-,18?,19-,22+,23?,24?/m1/s1. The van der Waals surface area contributed by atoms with Crippen LogP contribution in [-0.4, -0.2) is 33.5 Å². The van der Waals surface area contributed by atoms with E-state index in [-0.39, 0.29) is 22.5 Å². The second-order valence-electron chi connectivity index (χ2n) is 11.5. The lowest BCUT2D eigenvalue weighted by molar-refractivity contribution is -0.412. The first-order valence-electron chi connectivity index (χ1n) is 11.6. The van der Waals surface area contributed by atoms with Crippen LogP contribution in [0.5, 0.6) is 0 Å². The van der Waals surface area contributed by atoms with Crippen LogP contribution < -0.4 is 0 Å². The van der Waals surface area contributed by atoms with E-state index >= 15 is 0 Å². The van der Waals surface area contributed by atoms with E-state index < -0.39 is 17.5 Å². The SMILES string of the molecule is CC1CCC2(O)C(C)(C)CCCC2(C)C1CC[C@@]1(C)CC[C@H]([C@@H](C)C(=O)O)OO1. The Morgan fingerprint density at radius 3 is 2.38 bits per heavy atom. The molecule has 4 unspecified atom stereocenters. The average molecular weight is 411 g/mol. The van der Waals surface area contributed by atoms with Gasteiger partial charge in [-0.25, -0.2) is 9.78 Å². The molecule has 1 aliphatic heterocycles. The molecule has 0 amide bonds. The van der Waals surface area contributed by atoms with Crippen molar-refractivity contribution in [3.05, 3.63) is 0 Å². The smallest absolute Gasteiger partial charge is 0.308 e. The predicted octanol–water partition coefficient (Wildman–Crippen LogP) is 5.35. The topological polar surface area (TPSA) is 76.0 Å². The van der Waals surface area contributed by atoms with Crippen LogP contribution in [0.2, 0.25) is 0 Å². The maximum atomic E-state index is 11.9. The molecule has 0 radical (unpaired) electrons. The van der Waals surface area contributed by atoms with Gasteiger partial charge in [0.2, 0.25) is 0 Å². The van der Waals surface area contributed by atoms with E-state index in [1.165, 1.54) is 6.42 Å². The molecule has 3 rings (SSSR count). The molecule has 5 nitrogen and oxygen atoms in total. The molecule has 0 aromatic rings. The van der Waals surface area contributed by atoms with Gasteiger partial charge in [-0.3, -0.25) is 4.79 Å². The molecule has 2 saturated carbocycles. The molecule has 1 saturated heterocycles. The fourth-order valence-corrected chi connectivity index (χ4v) is 6.90. The molecule has 1 heterocycles. The third-order valence-electron chi connectivity index (χ3n) is 9.29. The summed E-state index contributed by atoms with van der Waals surface area (Å²) in [5.41, 5.74) is -1.11. The van der Waals surface area contributed by atoms with E-state index in [2.05, 4.69) is 34.6 Å². The van der Waals surface area contributed by atoms with Gasteiger partial charge in [-0.05, 0) is 87.9 Å². The van der Waals surface area contributed by atoms with Crippen molar-refractivity contribution in [1.29, 1.82) is 0 Å². The summed E-state index contributed by atoms with van der Waals surface area (Å²) in [5, 5.41) is 21.1. The Balaban J connectivity index is 1.69. The van der Waals surface area contributed by atoms with Gasteiger partial charge in [-0.15, -0.1) is 0 Å². The molecule has 2 aliphatic carbocycles. The van der Waals surface area contributed by atoms with Crippen LogP contribution in [0.15, 0.2) is 0 Å². The zero-order valence-electron chi connectivity index (χ0n) is 19.3. The number of rotatable bonds is 5. The van der Waals surface area contributed by atoms with Crippen LogP contribution in [0, 0.1) is 28.6 Å². The van der Waals surface area contributed by atoms with Crippen LogP contribution in [0.25, 0.3) is 0 Å². The maximum Gasteiger partial charge on any atom is 0.308 e. The number of carboxylic acid groups (broad SMARTS) is 1. The van der Waals surface area contributed by atoms with E-state index in [1.54, 1.807) is 6.92 Å². The number of carbonyl (C=O) groups is 1. The summed E-state index contributed by atoms with van der Waals surface area (Å²) >= 11 is 0. The maximum absolute atomic E-state index is 11.9. The van der Waals surface area contributed by atoms with Crippen molar-refractivity contribution in [2.45, 2.75) is 117 Å². The van der Waals surface area contributed by atoms with Crippen molar-refractivity contribution in [2.24, 2.45) is 28.6 Å². The van der Waals surface area contributed by atoms with Crippen molar-refractivity contribution in [2.75, 3.05) is 0 Å². The van der Waals surface area contributed by atoms with Gasteiger partial charge in [0.1, 0.15) is 11.7 Å². The molecule has 168 valence electrons. The van der Waals surface area contributed by atoms with Gasteiger partial charge in [-0.1, -0.05) is 34.1 Å². The van der Waals surface area contributed by atoms with Crippen LogP contribution in [0.4, 0.5) is 0 Å². The van der Waals surface area contributed by atoms with Gasteiger partial charge in [-0.2, -0.15) is 0 Å². The number of carboxylic acids is 1. The molecule has 5 heteroatoms. The molecular formula is C24H42O5. The molecule has 2 N–H and O–H groups in total. The lowest BCUT2D eigenvalue weighted by Gasteiger charge is -2.64. The van der Waals surface area contributed by atoms with Crippen LogP contribution in [0.1, 0.15) is 99.3 Å². The highest BCUT2D eigenvalue weighted by Crippen LogP contribution is 2.64. The quantitative estimate of drug-likeness (QED) is 0.598. The summed E-state index contributed by atoms with van der Waals surface area (Å²) < 4.78 is 0. The van der Waals surface area contributed by atoms with Gasteiger partial charge in [0, 0.05) is 0 Å². The lowest BCUT2D eigenvalue weighted by Crippen LogP contribution is -2.65. The minimum Gasteiger partial charge on any atom is -0.481 e. The summed E-state index contributed by atoms with van der Waals surface area (Å²) in [4.78, 5) is 22.5. The minimum absolute atomic E-state index is 0.0487. The molecule has 7 atom stereocenters. The van der Waals surface area contributed by atoms with Gasteiger partial charge in [0.15, 0.2) is 0 Å². The Labute approximate surface area is 176 Å². The molecule has 0 bridgehead atoms. The third-order valence-corrected chi connectivity index (χ3v) is 9.29. The minimum atomic E-state index is -0.842. The highest BCUT2D eigenvalue weighted by Gasteiger charge is 2.63. The number of aliphatic carboxylic acids is 1. The van der Waals surface area contributed by atoms with Crippen molar-refractivity contribution >= 4 is 5.97 Å². The molecule has 3 fully saturated rings. The highest BCUT2D eigenvalue weighted by molar-refractivity contribution is 5.70. The zero-order valence-corrected chi connectivity index (χ0v) is 19.3. The third kappa shape index (κ3) is 3.87. The number of fused-ring (bicyclic) bond motifs is 1. The second-order valence-corrected chi connectivity index (χ2v) is 11.5. The van der Waals surface area contributed by atoms with Crippen molar-refractivity contribution in [1.82, 2.24) is 0 Å².